The average Bonchev–Trinajstić information content (AvgIpc) is 2.87. The Kier molecular flexibility index (Phi) is 8.23. The van der Waals surface area contributed by atoms with Gasteiger partial charge in [0.25, 0.3) is 0 Å². The third kappa shape index (κ3) is 5.67. The van der Waals surface area contributed by atoms with Crippen LogP contribution in [0.3, 0.4) is 0 Å². The Bertz CT molecular complexity index is 715. The van der Waals surface area contributed by atoms with Crippen LogP contribution >= 0.6 is 0 Å². The molecule has 0 saturated carbocycles. The second kappa shape index (κ2) is 9.70. The largest absolute Gasteiger partial charge is 0.426 e. The standard InChI is InChI=1S/C22H28O3.C2H6/c1-16-7-6-8-17(10-9-16)18-11-13-19(14-12-18)25-20(24)22(5,15-23)21(2,3)4;1-2/h6,8-14,23H,7,15H2,1-5H3;1-2H3. The lowest BCUT2D eigenvalue weighted by Gasteiger charge is -2.37. The van der Waals surface area contributed by atoms with Crippen molar-refractivity contribution in [1.82, 2.24) is 0 Å². The van der Waals surface area contributed by atoms with E-state index in [9.17, 15) is 9.90 Å². The van der Waals surface area contributed by atoms with Crippen LogP contribution in [0.4, 0.5) is 0 Å². The Balaban J connectivity index is 0.00000176. The molecule has 0 aromatic heterocycles. The fraction of sp³-hybridized carbons (Fsp3) is 0.458. The van der Waals surface area contributed by atoms with E-state index in [-0.39, 0.29) is 6.61 Å². The van der Waals surface area contributed by atoms with E-state index < -0.39 is 16.8 Å². The summed E-state index contributed by atoms with van der Waals surface area (Å²) in [6.45, 7) is 13.4. The van der Waals surface area contributed by atoms with Crippen LogP contribution in [0.1, 0.15) is 60.5 Å². The minimum atomic E-state index is -0.958. The fourth-order valence-electron chi connectivity index (χ4n) is 2.46. The molecule has 0 bridgehead atoms. The van der Waals surface area contributed by atoms with Crippen LogP contribution < -0.4 is 4.74 Å². The summed E-state index contributed by atoms with van der Waals surface area (Å²) in [5, 5.41) is 9.71. The minimum Gasteiger partial charge on any atom is -0.426 e. The van der Waals surface area contributed by atoms with Gasteiger partial charge in [0.05, 0.1) is 12.0 Å². The number of carbonyl (C=O) groups excluding carboxylic acids is 1. The average molecular weight is 371 g/mol. The number of rotatable bonds is 4. The molecule has 3 nitrogen and oxygen atoms in total. The normalized spacial score (nSPS) is 16.1. The summed E-state index contributed by atoms with van der Waals surface area (Å²) in [6, 6.07) is 7.48. The second-order valence-electron chi connectivity index (χ2n) is 7.90. The van der Waals surface area contributed by atoms with Crippen molar-refractivity contribution in [3.8, 4) is 5.75 Å². The van der Waals surface area contributed by atoms with E-state index in [0.717, 1.165) is 17.6 Å². The van der Waals surface area contributed by atoms with E-state index in [1.54, 1.807) is 19.1 Å². The van der Waals surface area contributed by atoms with Crippen molar-refractivity contribution in [2.24, 2.45) is 10.8 Å². The number of esters is 1. The van der Waals surface area contributed by atoms with Gasteiger partial charge in [0.2, 0.25) is 0 Å². The number of benzene rings is 1. The van der Waals surface area contributed by atoms with Gasteiger partial charge in [0.15, 0.2) is 0 Å². The van der Waals surface area contributed by atoms with Gasteiger partial charge >= 0.3 is 5.97 Å². The Morgan fingerprint density at radius 2 is 1.67 bits per heavy atom. The molecular formula is C24H34O3. The first-order valence-corrected chi connectivity index (χ1v) is 9.65. The maximum absolute atomic E-state index is 12.6. The second-order valence-corrected chi connectivity index (χ2v) is 7.90. The van der Waals surface area contributed by atoms with E-state index in [1.807, 2.05) is 46.8 Å². The Labute approximate surface area is 164 Å². The smallest absolute Gasteiger partial charge is 0.320 e. The molecule has 27 heavy (non-hydrogen) atoms. The van der Waals surface area contributed by atoms with Gasteiger partial charge in [-0.05, 0) is 49.0 Å². The molecule has 148 valence electrons. The van der Waals surface area contributed by atoms with Gasteiger partial charge in [-0.3, -0.25) is 4.79 Å². The highest BCUT2D eigenvalue weighted by molar-refractivity contribution is 5.80. The lowest BCUT2D eigenvalue weighted by atomic mass is 9.68. The van der Waals surface area contributed by atoms with Gasteiger partial charge in [-0.2, -0.15) is 0 Å². The number of hydrogen-bond acceptors (Lipinski definition) is 3. The molecule has 3 heteroatoms. The highest BCUT2D eigenvalue weighted by Gasteiger charge is 2.45. The van der Waals surface area contributed by atoms with Crippen LogP contribution in [-0.4, -0.2) is 17.7 Å². The molecule has 1 aromatic carbocycles. The quantitative estimate of drug-likeness (QED) is 0.526. The van der Waals surface area contributed by atoms with Crippen LogP contribution in [0.15, 0.2) is 54.1 Å². The number of allylic oxidation sites excluding steroid dienone is 6. The first-order chi connectivity index (χ1) is 12.7. The Hall–Kier alpha value is -2.13. The van der Waals surface area contributed by atoms with Crippen LogP contribution in [0.5, 0.6) is 5.75 Å². The van der Waals surface area contributed by atoms with Gasteiger partial charge < -0.3 is 9.84 Å². The van der Waals surface area contributed by atoms with E-state index in [4.69, 9.17) is 4.74 Å². The summed E-state index contributed by atoms with van der Waals surface area (Å²) in [4.78, 5) is 12.6. The van der Waals surface area contributed by atoms with Gasteiger partial charge in [-0.1, -0.05) is 76.6 Å². The van der Waals surface area contributed by atoms with Gasteiger partial charge in [0, 0.05) is 0 Å². The summed E-state index contributed by atoms with van der Waals surface area (Å²) in [5.41, 5.74) is 2.16. The van der Waals surface area contributed by atoms with Crippen molar-refractivity contribution >= 4 is 11.5 Å². The third-order valence-corrected chi connectivity index (χ3v) is 5.10. The third-order valence-electron chi connectivity index (χ3n) is 5.10. The van der Waals surface area contributed by atoms with Crippen molar-refractivity contribution in [3.63, 3.8) is 0 Å². The topological polar surface area (TPSA) is 46.5 Å². The molecule has 0 spiro atoms. The van der Waals surface area contributed by atoms with E-state index in [2.05, 4.69) is 31.2 Å². The molecule has 0 saturated heterocycles. The van der Waals surface area contributed by atoms with E-state index >= 15 is 0 Å². The molecule has 2 rings (SSSR count). The number of ether oxygens (including phenoxy) is 1. The molecule has 0 radical (unpaired) electrons. The molecule has 1 aliphatic carbocycles. The number of carbonyl (C=O) groups is 1. The molecule has 1 atom stereocenters. The number of aliphatic hydroxyl groups excluding tert-OH is 1. The zero-order valence-corrected chi connectivity index (χ0v) is 17.8. The highest BCUT2D eigenvalue weighted by Crippen LogP contribution is 2.39. The van der Waals surface area contributed by atoms with Gasteiger partial charge in [-0.25, -0.2) is 0 Å². The van der Waals surface area contributed by atoms with Crippen LogP contribution in [0.2, 0.25) is 0 Å². The lowest BCUT2D eigenvalue weighted by molar-refractivity contribution is -0.155. The molecule has 0 heterocycles. The lowest BCUT2D eigenvalue weighted by Crippen LogP contribution is -2.45. The van der Waals surface area contributed by atoms with E-state index in [1.165, 1.54) is 5.57 Å². The summed E-state index contributed by atoms with van der Waals surface area (Å²) in [5.74, 6) is 0.0741. The number of aliphatic hydroxyl groups is 1. The van der Waals surface area contributed by atoms with Crippen LogP contribution in [-0.2, 0) is 4.79 Å². The van der Waals surface area contributed by atoms with Crippen molar-refractivity contribution in [3.05, 3.63) is 59.7 Å². The predicted molar refractivity (Wildman–Crippen MR) is 114 cm³/mol. The summed E-state index contributed by atoms with van der Waals surface area (Å²) in [6.07, 6.45) is 9.44. The summed E-state index contributed by atoms with van der Waals surface area (Å²) >= 11 is 0. The Morgan fingerprint density at radius 1 is 1.07 bits per heavy atom. The first kappa shape index (κ1) is 22.9. The zero-order chi connectivity index (χ0) is 20.7. The first-order valence-electron chi connectivity index (χ1n) is 9.65. The van der Waals surface area contributed by atoms with Crippen molar-refractivity contribution in [1.29, 1.82) is 0 Å². The van der Waals surface area contributed by atoms with E-state index in [0.29, 0.717) is 5.75 Å². The molecule has 0 amide bonds. The van der Waals surface area contributed by atoms with Crippen molar-refractivity contribution < 1.29 is 14.6 Å². The molecule has 1 aliphatic rings. The SMILES string of the molecule is CC.CC1=CC=C(c2ccc(OC(=O)C(C)(CO)C(C)(C)C)cc2)C=CC1. The summed E-state index contributed by atoms with van der Waals surface area (Å²) < 4.78 is 5.53. The van der Waals surface area contributed by atoms with Crippen molar-refractivity contribution in [2.45, 2.75) is 54.9 Å². The zero-order valence-electron chi connectivity index (χ0n) is 17.8. The Morgan fingerprint density at radius 3 is 2.19 bits per heavy atom. The molecule has 1 aromatic rings. The molecule has 1 N–H and O–H groups in total. The van der Waals surface area contributed by atoms with Gasteiger partial charge in [0.1, 0.15) is 5.75 Å². The number of hydrogen-bond donors (Lipinski definition) is 1. The highest BCUT2D eigenvalue weighted by atomic mass is 16.5. The predicted octanol–water partition coefficient (Wildman–Crippen LogP) is 5.95. The maximum atomic E-state index is 12.6. The van der Waals surface area contributed by atoms with Crippen molar-refractivity contribution in [2.75, 3.05) is 6.61 Å². The maximum Gasteiger partial charge on any atom is 0.320 e. The van der Waals surface area contributed by atoms with Crippen LogP contribution in [0.25, 0.3) is 5.57 Å². The molecule has 0 aliphatic heterocycles. The molecule has 0 fully saturated rings. The molecular weight excluding hydrogens is 336 g/mol. The fourth-order valence-corrected chi connectivity index (χ4v) is 2.46. The minimum absolute atomic E-state index is 0.253. The van der Waals surface area contributed by atoms with Crippen LogP contribution in [0, 0.1) is 10.8 Å². The monoisotopic (exact) mass is 370 g/mol. The summed E-state index contributed by atoms with van der Waals surface area (Å²) in [7, 11) is 0. The molecule has 1 unspecified atom stereocenters. The van der Waals surface area contributed by atoms with Gasteiger partial charge in [-0.15, -0.1) is 0 Å².